The highest BCUT2D eigenvalue weighted by Crippen LogP contribution is 2.37. The molecular weight excluding hydrogens is 351 g/mol. The summed E-state index contributed by atoms with van der Waals surface area (Å²) in [4.78, 5) is 14.7. The van der Waals surface area contributed by atoms with Crippen LogP contribution in [0.3, 0.4) is 0 Å². The van der Waals surface area contributed by atoms with E-state index in [-0.39, 0.29) is 24.4 Å². The number of ether oxygens (including phenoxy) is 2. The van der Waals surface area contributed by atoms with Crippen molar-refractivity contribution in [3.63, 3.8) is 0 Å². The van der Waals surface area contributed by atoms with Crippen molar-refractivity contribution < 1.29 is 14.3 Å². The highest BCUT2D eigenvalue weighted by molar-refractivity contribution is 6.32. The van der Waals surface area contributed by atoms with Crippen molar-refractivity contribution in [1.29, 1.82) is 0 Å². The molecule has 0 bridgehead atoms. The average molecular weight is 377 g/mol. The number of nitrogens with one attached hydrogen (secondary N) is 1. The van der Waals surface area contributed by atoms with Gasteiger partial charge in [0.1, 0.15) is 0 Å². The van der Waals surface area contributed by atoms with Gasteiger partial charge in [0, 0.05) is 31.2 Å². The molecule has 1 unspecified atom stereocenters. The zero-order valence-corrected chi connectivity index (χ0v) is 16.0. The molecule has 1 N–H and O–H groups in total. The zero-order chi connectivity index (χ0) is 16.8. The van der Waals surface area contributed by atoms with E-state index in [4.69, 9.17) is 21.1 Å². The number of piperazine rings is 1. The first-order chi connectivity index (χ1) is 11.1. The molecule has 0 saturated carbocycles. The standard InChI is InChI=1S/C17H25ClN2O3.ClH/c1-4-8-23-16-14(18)9-13(10-15(16)22-5-2)17(21)20-7-6-19-11-12(20)3;/h9-10,12,19H,4-8,11H2,1-3H3;1H. The maximum absolute atomic E-state index is 12.8. The number of nitrogens with zero attached hydrogens (tertiary/aromatic N) is 1. The molecule has 1 aromatic rings. The summed E-state index contributed by atoms with van der Waals surface area (Å²) in [6.07, 6.45) is 0.876. The molecule has 0 radical (unpaired) electrons. The monoisotopic (exact) mass is 376 g/mol. The molecule has 7 heteroatoms. The molecule has 1 fully saturated rings. The summed E-state index contributed by atoms with van der Waals surface area (Å²) in [6.45, 7) is 9.30. The Morgan fingerprint density at radius 3 is 2.75 bits per heavy atom. The number of hydrogen-bond donors (Lipinski definition) is 1. The fourth-order valence-electron chi connectivity index (χ4n) is 2.61. The molecule has 1 aliphatic rings. The van der Waals surface area contributed by atoms with Gasteiger partial charge in [-0.05, 0) is 32.4 Å². The summed E-state index contributed by atoms with van der Waals surface area (Å²) >= 11 is 6.34. The third kappa shape index (κ3) is 4.91. The third-order valence-electron chi connectivity index (χ3n) is 3.77. The molecule has 1 amide bonds. The molecule has 1 saturated heterocycles. The lowest BCUT2D eigenvalue weighted by molar-refractivity contribution is 0.0655. The van der Waals surface area contributed by atoms with Gasteiger partial charge in [0.2, 0.25) is 0 Å². The highest BCUT2D eigenvalue weighted by Gasteiger charge is 2.26. The lowest BCUT2D eigenvalue weighted by atomic mass is 10.1. The number of carbonyl (C=O) groups excluding carboxylic acids is 1. The van der Waals surface area contributed by atoms with Gasteiger partial charge in [0.15, 0.2) is 11.5 Å². The number of benzene rings is 1. The van der Waals surface area contributed by atoms with Crippen molar-refractivity contribution in [3.05, 3.63) is 22.7 Å². The predicted octanol–water partition coefficient (Wildman–Crippen LogP) is 3.38. The topological polar surface area (TPSA) is 50.8 Å². The lowest BCUT2D eigenvalue weighted by Gasteiger charge is -2.34. The van der Waals surface area contributed by atoms with Crippen LogP contribution in [0.4, 0.5) is 0 Å². The fraction of sp³-hybridized carbons (Fsp3) is 0.588. The molecule has 136 valence electrons. The lowest BCUT2D eigenvalue weighted by Crippen LogP contribution is -2.52. The Hall–Kier alpha value is -1.17. The van der Waals surface area contributed by atoms with Crippen LogP contribution in [0.2, 0.25) is 5.02 Å². The second-order valence-corrected chi connectivity index (χ2v) is 6.03. The Balaban J connectivity index is 0.00000288. The molecule has 1 heterocycles. The Morgan fingerprint density at radius 2 is 2.12 bits per heavy atom. The first kappa shape index (κ1) is 20.9. The Morgan fingerprint density at radius 1 is 1.38 bits per heavy atom. The summed E-state index contributed by atoms with van der Waals surface area (Å²) in [5.74, 6) is 1.02. The molecule has 1 aliphatic heterocycles. The van der Waals surface area contributed by atoms with Crippen LogP contribution in [0.5, 0.6) is 11.5 Å². The number of rotatable bonds is 6. The van der Waals surface area contributed by atoms with Crippen LogP contribution in [0.25, 0.3) is 0 Å². The van der Waals surface area contributed by atoms with Crippen LogP contribution in [0.1, 0.15) is 37.6 Å². The van der Waals surface area contributed by atoms with Gasteiger partial charge >= 0.3 is 0 Å². The van der Waals surface area contributed by atoms with Crippen LogP contribution < -0.4 is 14.8 Å². The Bertz CT molecular complexity index is 555. The molecule has 5 nitrogen and oxygen atoms in total. The van der Waals surface area contributed by atoms with E-state index in [1.54, 1.807) is 12.1 Å². The smallest absolute Gasteiger partial charge is 0.254 e. The van der Waals surface area contributed by atoms with Gasteiger partial charge in [-0.2, -0.15) is 0 Å². The van der Waals surface area contributed by atoms with Gasteiger partial charge in [-0.1, -0.05) is 18.5 Å². The van der Waals surface area contributed by atoms with Crippen LogP contribution in [-0.2, 0) is 0 Å². The van der Waals surface area contributed by atoms with E-state index in [1.165, 1.54) is 0 Å². The van der Waals surface area contributed by atoms with Gasteiger partial charge in [-0.25, -0.2) is 0 Å². The summed E-state index contributed by atoms with van der Waals surface area (Å²) in [5, 5.41) is 3.69. The van der Waals surface area contributed by atoms with E-state index >= 15 is 0 Å². The second kappa shape index (κ2) is 9.97. The number of halogens is 2. The molecule has 2 rings (SSSR count). The summed E-state index contributed by atoms with van der Waals surface area (Å²) < 4.78 is 11.3. The maximum atomic E-state index is 12.8. The third-order valence-corrected chi connectivity index (χ3v) is 4.05. The molecule has 0 aliphatic carbocycles. The summed E-state index contributed by atoms with van der Waals surface area (Å²) in [5.41, 5.74) is 0.538. The Kier molecular flexibility index (Phi) is 8.67. The first-order valence-electron chi connectivity index (χ1n) is 8.19. The highest BCUT2D eigenvalue weighted by atomic mass is 35.5. The molecule has 0 spiro atoms. The minimum Gasteiger partial charge on any atom is -0.490 e. The summed E-state index contributed by atoms with van der Waals surface area (Å²) in [6, 6.07) is 3.56. The van der Waals surface area contributed by atoms with E-state index in [2.05, 4.69) is 5.32 Å². The maximum Gasteiger partial charge on any atom is 0.254 e. The van der Waals surface area contributed by atoms with Crippen LogP contribution in [0, 0.1) is 0 Å². The van der Waals surface area contributed by atoms with Crippen LogP contribution >= 0.6 is 24.0 Å². The van der Waals surface area contributed by atoms with E-state index in [0.29, 0.717) is 41.8 Å². The zero-order valence-electron chi connectivity index (χ0n) is 14.4. The number of hydrogen-bond acceptors (Lipinski definition) is 4. The quantitative estimate of drug-likeness (QED) is 0.826. The average Bonchev–Trinajstić information content (AvgIpc) is 2.54. The minimum absolute atomic E-state index is 0. The molecule has 1 atom stereocenters. The largest absolute Gasteiger partial charge is 0.490 e. The SMILES string of the molecule is CCCOc1c(Cl)cc(C(=O)N2CCNCC2C)cc1OCC.Cl. The molecular formula is C17H26Cl2N2O3. The van der Waals surface area contributed by atoms with Gasteiger partial charge in [-0.15, -0.1) is 12.4 Å². The number of carbonyl (C=O) groups is 1. The number of amides is 1. The normalized spacial score (nSPS) is 17.2. The van der Waals surface area contributed by atoms with Crippen molar-refractivity contribution in [2.45, 2.75) is 33.2 Å². The van der Waals surface area contributed by atoms with Gasteiger partial charge in [0.05, 0.1) is 18.2 Å². The molecule has 1 aromatic carbocycles. The van der Waals surface area contributed by atoms with E-state index in [9.17, 15) is 4.79 Å². The molecule has 0 aromatic heterocycles. The van der Waals surface area contributed by atoms with Crippen molar-refractivity contribution in [3.8, 4) is 11.5 Å². The van der Waals surface area contributed by atoms with Crippen LogP contribution in [-0.4, -0.2) is 49.7 Å². The summed E-state index contributed by atoms with van der Waals surface area (Å²) in [7, 11) is 0. The minimum atomic E-state index is -0.0242. The van der Waals surface area contributed by atoms with Crippen molar-refractivity contribution in [1.82, 2.24) is 10.2 Å². The van der Waals surface area contributed by atoms with E-state index in [1.807, 2.05) is 25.7 Å². The first-order valence-corrected chi connectivity index (χ1v) is 8.57. The van der Waals surface area contributed by atoms with E-state index < -0.39 is 0 Å². The van der Waals surface area contributed by atoms with Crippen LogP contribution in [0.15, 0.2) is 12.1 Å². The van der Waals surface area contributed by atoms with Crippen molar-refractivity contribution in [2.24, 2.45) is 0 Å². The predicted molar refractivity (Wildman–Crippen MR) is 99.0 cm³/mol. The van der Waals surface area contributed by atoms with Gasteiger partial charge in [-0.3, -0.25) is 4.79 Å². The van der Waals surface area contributed by atoms with Crippen molar-refractivity contribution >= 4 is 29.9 Å². The van der Waals surface area contributed by atoms with Gasteiger partial charge in [0.25, 0.3) is 5.91 Å². The Labute approximate surface area is 155 Å². The fourth-order valence-corrected chi connectivity index (χ4v) is 2.87. The molecule has 24 heavy (non-hydrogen) atoms. The van der Waals surface area contributed by atoms with Crippen molar-refractivity contribution in [2.75, 3.05) is 32.8 Å². The second-order valence-electron chi connectivity index (χ2n) is 5.62. The van der Waals surface area contributed by atoms with E-state index in [0.717, 1.165) is 19.5 Å². The van der Waals surface area contributed by atoms with Gasteiger partial charge < -0.3 is 19.7 Å².